The normalized spacial score (nSPS) is 23.1. The maximum Gasteiger partial charge on any atom is 0.153 e. The van der Waals surface area contributed by atoms with Crippen molar-refractivity contribution in [1.29, 1.82) is 0 Å². The quantitative estimate of drug-likeness (QED) is 0.816. The van der Waals surface area contributed by atoms with Gasteiger partial charge in [-0.25, -0.2) is 8.42 Å². The van der Waals surface area contributed by atoms with E-state index in [4.69, 9.17) is 0 Å². The van der Waals surface area contributed by atoms with Crippen LogP contribution in [0, 0.1) is 0 Å². The molecule has 1 rings (SSSR count). The van der Waals surface area contributed by atoms with Crippen LogP contribution in [0.15, 0.2) is 0 Å². The van der Waals surface area contributed by atoms with Gasteiger partial charge >= 0.3 is 0 Å². The fraction of sp³-hybridized carbons (Fsp3) is 1.00. The van der Waals surface area contributed by atoms with Crippen LogP contribution in [0.3, 0.4) is 0 Å². The minimum Gasteiger partial charge on any atom is -0.309 e. The maximum absolute atomic E-state index is 12.1. The molecular weight excluding hydrogens is 272 g/mol. The van der Waals surface area contributed by atoms with E-state index in [1.807, 2.05) is 0 Å². The van der Waals surface area contributed by atoms with Gasteiger partial charge in [-0.3, -0.25) is 4.90 Å². The molecule has 0 bridgehead atoms. The van der Waals surface area contributed by atoms with E-state index in [1.54, 1.807) is 13.8 Å². The Balaban J connectivity index is 2.86. The van der Waals surface area contributed by atoms with Crippen LogP contribution in [0.4, 0.5) is 0 Å². The fourth-order valence-corrected chi connectivity index (χ4v) is 3.90. The minimum atomic E-state index is -2.96. The molecule has 1 saturated heterocycles. The molecule has 0 aromatic rings. The Labute approximate surface area is 125 Å². The molecule has 0 spiro atoms. The van der Waals surface area contributed by atoms with E-state index in [-0.39, 0.29) is 22.1 Å². The third kappa shape index (κ3) is 3.95. The molecule has 20 heavy (non-hydrogen) atoms. The number of piperazine rings is 1. The molecule has 5 heteroatoms. The summed E-state index contributed by atoms with van der Waals surface area (Å²) in [4.78, 5) is 2.41. The SMILES string of the molecule is CCC1(CC)CNC(C)(C)CN1CCS(=O)(=O)C(C)C. The van der Waals surface area contributed by atoms with Crippen molar-refractivity contribution in [2.75, 3.05) is 25.4 Å². The first-order chi connectivity index (χ1) is 9.08. The zero-order chi connectivity index (χ0) is 15.6. The second kappa shape index (κ2) is 6.32. The first-order valence-electron chi connectivity index (χ1n) is 7.80. The lowest BCUT2D eigenvalue weighted by atomic mass is 9.84. The van der Waals surface area contributed by atoms with E-state index < -0.39 is 9.84 Å². The number of nitrogens with zero attached hydrogens (tertiary/aromatic N) is 1. The highest BCUT2D eigenvalue weighted by atomic mass is 32.2. The molecule has 1 aliphatic heterocycles. The zero-order valence-electron chi connectivity index (χ0n) is 14.0. The molecule has 1 N–H and O–H groups in total. The smallest absolute Gasteiger partial charge is 0.153 e. The average molecular weight is 304 g/mol. The van der Waals surface area contributed by atoms with Crippen molar-refractivity contribution >= 4 is 9.84 Å². The summed E-state index contributed by atoms with van der Waals surface area (Å²) in [6, 6.07) is 0. The number of hydrogen-bond donors (Lipinski definition) is 1. The highest BCUT2D eigenvalue weighted by Gasteiger charge is 2.41. The van der Waals surface area contributed by atoms with Crippen molar-refractivity contribution in [3.8, 4) is 0 Å². The largest absolute Gasteiger partial charge is 0.309 e. The van der Waals surface area contributed by atoms with E-state index in [0.717, 1.165) is 25.9 Å². The summed E-state index contributed by atoms with van der Waals surface area (Å²) < 4.78 is 24.2. The fourth-order valence-electron chi connectivity index (χ4n) is 2.95. The molecule has 120 valence electrons. The Hall–Kier alpha value is -0.130. The van der Waals surface area contributed by atoms with Gasteiger partial charge in [0.15, 0.2) is 9.84 Å². The highest BCUT2D eigenvalue weighted by molar-refractivity contribution is 7.92. The van der Waals surface area contributed by atoms with Gasteiger partial charge in [-0.05, 0) is 40.5 Å². The van der Waals surface area contributed by atoms with Gasteiger partial charge in [-0.15, -0.1) is 0 Å². The summed E-state index contributed by atoms with van der Waals surface area (Å²) in [7, 11) is -2.96. The predicted octanol–water partition coefficient (Wildman–Crippen LogP) is 2.05. The summed E-state index contributed by atoms with van der Waals surface area (Å²) in [5.74, 6) is 0.266. The van der Waals surface area contributed by atoms with Crippen LogP contribution in [-0.2, 0) is 9.84 Å². The monoisotopic (exact) mass is 304 g/mol. The first kappa shape index (κ1) is 17.9. The van der Waals surface area contributed by atoms with Gasteiger partial charge in [0.05, 0.1) is 11.0 Å². The van der Waals surface area contributed by atoms with Crippen molar-refractivity contribution in [1.82, 2.24) is 10.2 Å². The first-order valence-corrected chi connectivity index (χ1v) is 9.52. The van der Waals surface area contributed by atoms with E-state index in [9.17, 15) is 8.42 Å². The Morgan fingerprint density at radius 2 is 1.75 bits per heavy atom. The van der Waals surface area contributed by atoms with Gasteiger partial charge in [0, 0.05) is 30.7 Å². The number of sulfone groups is 1. The Morgan fingerprint density at radius 3 is 2.20 bits per heavy atom. The molecule has 0 saturated carbocycles. The standard InChI is InChI=1S/C15H32N2O2S/c1-7-15(8-2)11-16-14(5,6)12-17(15)9-10-20(18,19)13(3)4/h13,16H,7-12H2,1-6H3. The molecule has 0 aliphatic carbocycles. The summed E-state index contributed by atoms with van der Waals surface area (Å²) in [5.41, 5.74) is 0.150. The topological polar surface area (TPSA) is 49.4 Å². The minimum absolute atomic E-state index is 0.0510. The van der Waals surface area contributed by atoms with Crippen molar-refractivity contribution in [3.63, 3.8) is 0 Å². The summed E-state index contributed by atoms with van der Waals surface area (Å²) in [6.07, 6.45) is 2.10. The van der Waals surface area contributed by atoms with Crippen LogP contribution < -0.4 is 5.32 Å². The molecule has 0 amide bonds. The Kier molecular flexibility index (Phi) is 5.67. The molecule has 0 aromatic carbocycles. The van der Waals surface area contributed by atoms with E-state index >= 15 is 0 Å². The molecule has 0 radical (unpaired) electrons. The average Bonchev–Trinajstić information content (AvgIpc) is 2.36. The highest BCUT2D eigenvalue weighted by Crippen LogP contribution is 2.29. The Morgan fingerprint density at radius 1 is 1.20 bits per heavy atom. The van der Waals surface area contributed by atoms with Gasteiger partial charge < -0.3 is 5.32 Å². The third-order valence-corrected chi connectivity index (χ3v) is 7.02. The molecule has 1 fully saturated rings. The van der Waals surface area contributed by atoms with Crippen molar-refractivity contribution in [2.45, 2.75) is 70.7 Å². The van der Waals surface area contributed by atoms with Crippen LogP contribution in [0.1, 0.15) is 54.4 Å². The maximum atomic E-state index is 12.1. The van der Waals surface area contributed by atoms with Crippen LogP contribution in [0.5, 0.6) is 0 Å². The molecule has 0 atom stereocenters. The summed E-state index contributed by atoms with van der Waals surface area (Å²) in [6.45, 7) is 14.8. The second-order valence-corrected chi connectivity index (χ2v) is 9.68. The van der Waals surface area contributed by atoms with Crippen molar-refractivity contribution in [2.24, 2.45) is 0 Å². The second-order valence-electron chi connectivity index (χ2n) is 7.01. The third-order valence-electron chi connectivity index (χ3n) is 4.83. The molecule has 1 heterocycles. The number of rotatable bonds is 6. The van der Waals surface area contributed by atoms with Gasteiger partial charge in [0.1, 0.15) is 0 Å². The number of hydrogen-bond acceptors (Lipinski definition) is 4. The van der Waals surface area contributed by atoms with Gasteiger partial charge in [0.2, 0.25) is 0 Å². The lowest BCUT2D eigenvalue weighted by Gasteiger charge is -2.52. The van der Waals surface area contributed by atoms with E-state index in [1.165, 1.54) is 0 Å². The molecule has 1 aliphatic rings. The summed E-state index contributed by atoms with van der Waals surface area (Å²) >= 11 is 0. The number of nitrogens with one attached hydrogen (secondary N) is 1. The Bertz CT molecular complexity index is 412. The van der Waals surface area contributed by atoms with Crippen LogP contribution >= 0.6 is 0 Å². The molecule has 0 unspecified atom stereocenters. The van der Waals surface area contributed by atoms with Gasteiger partial charge in [0.25, 0.3) is 0 Å². The molecule has 4 nitrogen and oxygen atoms in total. The van der Waals surface area contributed by atoms with Crippen LogP contribution in [-0.4, -0.2) is 55.0 Å². The van der Waals surface area contributed by atoms with E-state index in [0.29, 0.717) is 6.54 Å². The molecular formula is C15H32N2O2S. The molecule has 0 aromatic heterocycles. The lowest BCUT2D eigenvalue weighted by Crippen LogP contribution is -2.68. The summed E-state index contributed by atoms with van der Waals surface area (Å²) in [5, 5.41) is 3.33. The zero-order valence-corrected chi connectivity index (χ0v) is 14.8. The van der Waals surface area contributed by atoms with Crippen molar-refractivity contribution < 1.29 is 8.42 Å². The van der Waals surface area contributed by atoms with Gasteiger partial charge in [-0.1, -0.05) is 13.8 Å². The van der Waals surface area contributed by atoms with Crippen molar-refractivity contribution in [3.05, 3.63) is 0 Å². The van der Waals surface area contributed by atoms with E-state index in [2.05, 4.69) is 37.9 Å². The predicted molar refractivity (Wildman–Crippen MR) is 85.9 cm³/mol. The van der Waals surface area contributed by atoms with Gasteiger partial charge in [-0.2, -0.15) is 0 Å². The van der Waals surface area contributed by atoms with Crippen LogP contribution in [0.2, 0.25) is 0 Å². The van der Waals surface area contributed by atoms with Crippen LogP contribution in [0.25, 0.3) is 0 Å². The lowest BCUT2D eigenvalue weighted by molar-refractivity contribution is 0.0139.